The monoisotopic (exact) mass is 261 g/mol. The van der Waals surface area contributed by atoms with Crippen LogP contribution in [0.25, 0.3) is 0 Å². The van der Waals surface area contributed by atoms with Gasteiger partial charge in [0.05, 0.1) is 6.61 Å². The molecule has 1 atom stereocenters. The summed E-state index contributed by atoms with van der Waals surface area (Å²) < 4.78 is 10.7. The predicted molar refractivity (Wildman–Crippen MR) is 72.2 cm³/mol. The summed E-state index contributed by atoms with van der Waals surface area (Å²) in [4.78, 5) is 13.2. The summed E-state index contributed by atoms with van der Waals surface area (Å²) in [5.74, 6) is 1.03. The fourth-order valence-corrected chi connectivity index (χ4v) is 1.97. The van der Waals surface area contributed by atoms with E-state index in [4.69, 9.17) is 9.47 Å². The van der Waals surface area contributed by atoms with Gasteiger partial charge in [0.2, 0.25) is 0 Å². The first kappa shape index (κ1) is 13.5. The Balaban J connectivity index is 1.92. The van der Waals surface area contributed by atoms with Gasteiger partial charge in [-0.25, -0.2) is 4.79 Å². The van der Waals surface area contributed by atoms with Crippen LogP contribution in [0, 0.1) is 5.92 Å². The van der Waals surface area contributed by atoms with Crippen LogP contribution >= 0.6 is 0 Å². The molecule has 1 aliphatic heterocycles. The molecule has 1 unspecified atom stereocenters. The van der Waals surface area contributed by atoms with E-state index in [0.29, 0.717) is 19.8 Å². The van der Waals surface area contributed by atoms with Crippen molar-refractivity contribution in [2.24, 2.45) is 5.92 Å². The van der Waals surface area contributed by atoms with Crippen LogP contribution in [0.3, 0.4) is 0 Å². The highest BCUT2D eigenvalue weighted by Crippen LogP contribution is 2.23. The van der Waals surface area contributed by atoms with Gasteiger partial charge in [-0.15, -0.1) is 0 Å². The number of hydrogen-bond donors (Lipinski definition) is 0. The average Bonchev–Trinajstić information content (AvgIpc) is 2.79. The van der Waals surface area contributed by atoms with Crippen LogP contribution in [0.4, 0.5) is 4.79 Å². The van der Waals surface area contributed by atoms with Gasteiger partial charge in [-0.1, -0.05) is 37.3 Å². The lowest BCUT2D eigenvalue weighted by molar-refractivity contribution is 0.123. The number of rotatable bonds is 4. The fourth-order valence-electron chi connectivity index (χ4n) is 1.97. The van der Waals surface area contributed by atoms with Gasteiger partial charge in [0.1, 0.15) is 12.4 Å². The van der Waals surface area contributed by atoms with Crippen LogP contribution in [-0.4, -0.2) is 24.1 Å². The molecule has 1 amide bonds. The molecule has 0 spiro atoms. The van der Waals surface area contributed by atoms with Crippen molar-refractivity contribution >= 4 is 6.09 Å². The van der Waals surface area contributed by atoms with Crippen molar-refractivity contribution in [1.29, 1.82) is 0 Å². The van der Waals surface area contributed by atoms with Crippen LogP contribution in [-0.2, 0) is 16.1 Å². The molecule has 1 aromatic carbocycles. The molecule has 2 rings (SSSR count). The van der Waals surface area contributed by atoms with Crippen molar-refractivity contribution in [3.05, 3.63) is 47.9 Å². The summed E-state index contributed by atoms with van der Waals surface area (Å²) in [6, 6.07) is 9.97. The van der Waals surface area contributed by atoms with Gasteiger partial charge in [-0.05, 0) is 12.5 Å². The number of ether oxygens (including phenoxy) is 2. The molecule has 0 saturated carbocycles. The first-order valence-corrected chi connectivity index (χ1v) is 6.52. The number of benzene rings is 1. The number of nitrogens with zero attached hydrogens (tertiary/aromatic N) is 1. The Hall–Kier alpha value is -1.97. The van der Waals surface area contributed by atoms with E-state index in [1.807, 2.05) is 37.3 Å². The minimum absolute atomic E-state index is 0.202. The van der Waals surface area contributed by atoms with Crippen molar-refractivity contribution in [2.75, 3.05) is 13.2 Å². The third kappa shape index (κ3) is 3.50. The molecule has 0 aromatic heterocycles. The molecule has 1 aromatic rings. The molecule has 0 aliphatic carbocycles. The maximum atomic E-state index is 11.6. The standard InChI is InChI=1S/C15H19NO3/c1-3-18-15(17)16-9-12(2)14(10-16)19-11-13-7-5-4-6-8-13/h4-8,10,12H,3,9,11H2,1-2H3. The Morgan fingerprint density at radius 3 is 2.79 bits per heavy atom. The summed E-state index contributed by atoms with van der Waals surface area (Å²) in [6.45, 7) is 5.36. The molecule has 4 nitrogen and oxygen atoms in total. The molecule has 0 fully saturated rings. The van der Waals surface area contributed by atoms with Crippen LogP contribution < -0.4 is 0 Å². The molecule has 19 heavy (non-hydrogen) atoms. The normalized spacial score (nSPS) is 18.1. The third-order valence-electron chi connectivity index (χ3n) is 2.99. The minimum atomic E-state index is -0.312. The maximum Gasteiger partial charge on any atom is 0.413 e. The SMILES string of the molecule is CCOC(=O)N1C=C(OCc2ccccc2)C(C)C1. The lowest BCUT2D eigenvalue weighted by Gasteiger charge is -2.13. The summed E-state index contributed by atoms with van der Waals surface area (Å²) in [7, 11) is 0. The number of amides is 1. The van der Waals surface area contributed by atoms with Crippen LogP contribution in [0.5, 0.6) is 0 Å². The molecule has 0 N–H and O–H groups in total. The van der Waals surface area contributed by atoms with Gasteiger partial charge in [-0.3, -0.25) is 4.90 Å². The lowest BCUT2D eigenvalue weighted by Crippen LogP contribution is -2.26. The van der Waals surface area contributed by atoms with E-state index in [-0.39, 0.29) is 12.0 Å². The Bertz CT molecular complexity index is 456. The zero-order chi connectivity index (χ0) is 13.7. The molecule has 4 heteroatoms. The van der Waals surface area contributed by atoms with E-state index in [9.17, 15) is 4.79 Å². The summed E-state index contributed by atoms with van der Waals surface area (Å²) >= 11 is 0. The van der Waals surface area contributed by atoms with E-state index >= 15 is 0 Å². The Morgan fingerprint density at radius 1 is 1.37 bits per heavy atom. The van der Waals surface area contributed by atoms with Crippen molar-refractivity contribution in [3.63, 3.8) is 0 Å². The smallest absolute Gasteiger partial charge is 0.413 e. The largest absolute Gasteiger partial charge is 0.491 e. The Labute approximate surface area is 113 Å². The van der Waals surface area contributed by atoms with E-state index in [1.54, 1.807) is 18.0 Å². The molecular weight excluding hydrogens is 242 g/mol. The second kappa shape index (κ2) is 6.27. The summed E-state index contributed by atoms with van der Waals surface area (Å²) in [5, 5.41) is 0. The van der Waals surface area contributed by atoms with Gasteiger partial charge in [0.15, 0.2) is 0 Å². The maximum absolute atomic E-state index is 11.6. The van der Waals surface area contributed by atoms with E-state index < -0.39 is 0 Å². The highest BCUT2D eigenvalue weighted by molar-refractivity contribution is 5.69. The quantitative estimate of drug-likeness (QED) is 0.835. The van der Waals surface area contributed by atoms with Gasteiger partial charge in [-0.2, -0.15) is 0 Å². The van der Waals surface area contributed by atoms with Crippen LogP contribution in [0.2, 0.25) is 0 Å². The Kier molecular flexibility index (Phi) is 4.44. The molecule has 0 radical (unpaired) electrons. The number of carbonyl (C=O) groups excluding carboxylic acids is 1. The molecule has 0 saturated heterocycles. The zero-order valence-electron chi connectivity index (χ0n) is 11.3. The predicted octanol–water partition coefficient (Wildman–Crippen LogP) is 3.15. The first-order chi connectivity index (χ1) is 9.20. The van der Waals surface area contributed by atoms with Gasteiger partial charge in [0.25, 0.3) is 0 Å². The van der Waals surface area contributed by atoms with Gasteiger partial charge < -0.3 is 9.47 Å². The van der Waals surface area contributed by atoms with Gasteiger partial charge in [0, 0.05) is 18.7 Å². The minimum Gasteiger partial charge on any atom is -0.491 e. The summed E-state index contributed by atoms with van der Waals surface area (Å²) in [5.41, 5.74) is 1.12. The molecular formula is C15H19NO3. The number of carbonyl (C=O) groups is 1. The fraction of sp³-hybridized carbons (Fsp3) is 0.400. The summed E-state index contributed by atoms with van der Waals surface area (Å²) in [6.07, 6.45) is 1.43. The van der Waals surface area contributed by atoms with Crippen LogP contribution in [0.1, 0.15) is 19.4 Å². The molecule has 1 aliphatic rings. The third-order valence-corrected chi connectivity index (χ3v) is 2.99. The molecule has 102 valence electrons. The topological polar surface area (TPSA) is 38.8 Å². The zero-order valence-corrected chi connectivity index (χ0v) is 11.3. The first-order valence-electron chi connectivity index (χ1n) is 6.52. The van der Waals surface area contributed by atoms with E-state index in [0.717, 1.165) is 11.3 Å². The lowest BCUT2D eigenvalue weighted by atomic mass is 10.2. The number of hydrogen-bond acceptors (Lipinski definition) is 3. The Morgan fingerprint density at radius 2 is 2.11 bits per heavy atom. The molecule has 1 heterocycles. The van der Waals surface area contributed by atoms with E-state index in [1.165, 1.54) is 0 Å². The average molecular weight is 261 g/mol. The van der Waals surface area contributed by atoms with Crippen molar-refractivity contribution in [3.8, 4) is 0 Å². The second-order valence-electron chi connectivity index (χ2n) is 4.56. The van der Waals surface area contributed by atoms with Crippen molar-refractivity contribution in [1.82, 2.24) is 4.90 Å². The van der Waals surface area contributed by atoms with Crippen molar-refractivity contribution < 1.29 is 14.3 Å². The molecule has 0 bridgehead atoms. The van der Waals surface area contributed by atoms with E-state index in [2.05, 4.69) is 0 Å². The van der Waals surface area contributed by atoms with Gasteiger partial charge >= 0.3 is 6.09 Å². The second-order valence-corrected chi connectivity index (χ2v) is 4.56. The van der Waals surface area contributed by atoms with Crippen LogP contribution in [0.15, 0.2) is 42.3 Å². The highest BCUT2D eigenvalue weighted by atomic mass is 16.6. The highest BCUT2D eigenvalue weighted by Gasteiger charge is 2.26. The van der Waals surface area contributed by atoms with Crippen molar-refractivity contribution in [2.45, 2.75) is 20.5 Å².